The SMILES string of the molecule is CC[C@H](C(=O)N1CCCC[C@H]1C(=O)O[C@H](CCN1CCOCC1)c1cccc(OCC(=O)O)c1)c1cc(OC)c(OC)c(OC)c1.Cl. The molecule has 0 aliphatic carbocycles. The van der Waals surface area contributed by atoms with E-state index in [4.69, 9.17) is 33.5 Å². The first-order valence-corrected chi connectivity index (χ1v) is 15.8. The molecule has 13 heteroatoms. The second-order valence-electron chi connectivity index (χ2n) is 11.4. The summed E-state index contributed by atoms with van der Waals surface area (Å²) in [6.45, 7) is 5.43. The fraction of sp³-hybridized carbons (Fsp3) is 0.559. The Kier molecular flexibility index (Phi) is 14.9. The molecule has 0 unspecified atom stereocenters. The summed E-state index contributed by atoms with van der Waals surface area (Å²) in [7, 11) is 4.59. The van der Waals surface area contributed by atoms with Crippen LogP contribution in [0.5, 0.6) is 23.0 Å². The van der Waals surface area contributed by atoms with Crippen molar-refractivity contribution in [3.8, 4) is 23.0 Å². The number of esters is 1. The third kappa shape index (κ3) is 9.88. The van der Waals surface area contributed by atoms with E-state index in [1.165, 1.54) is 21.3 Å². The Labute approximate surface area is 282 Å². The average Bonchev–Trinajstić information content (AvgIpc) is 3.09. The van der Waals surface area contributed by atoms with Gasteiger partial charge in [0.25, 0.3) is 0 Å². The quantitative estimate of drug-likeness (QED) is 0.267. The number of benzene rings is 2. The molecule has 2 aliphatic rings. The van der Waals surface area contributed by atoms with E-state index in [0.29, 0.717) is 79.7 Å². The summed E-state index contributed by atoms with van der Waals surface area (Å²) in [6, 6.07) is 9.80. The molecule has 1 amide bonds. The van der Waals surface area contributed by atoms with Crippen LogP contribution in [0.1, 0.15) is 62.2 Å². The monoisotopic (exact) mass is 678 g/mol. The maximum absolute atomic E-state index is 14.2. The number of hydrogen-bond donors (Lipinski definition) is 1. The van der Waals surface area contributed by atoms with Gasteiger partial charge < -0.3 is 38.4 Å². The molecule has 2 saturated heterocycles. The number of ether oxygens (including phenoxy) is 6. The number of amides is 1. The zero-order valence-corrected chi connectivity index (χ0v) is 28.4. The minimum Gasteiger partial charge on any atom is -0.493 e. The number of methoxy groups -OCH3 is 3. The first-order chi connectivity index (χ1) is 22.3. The van der Waals surface area contributed by atoms with E-state index in [2.05, 4.69) is 4.90 Å². The van der Waals surface area contributed by atoms with Crippen molar-refractivity contribution in [1.82, 2.24) is 9.80 Å². The van der Waals surface area contributed by atoms with Crippen LogP contribution in [0.2, 0.25) is 0 Å². The predicted octanol–water partition coefficient (Wildman–Crippen LogP) is 4.48. The maximum Gasteiger partial charge on any atom is 0.341 e. The molecule has 2 fully saturated rings. The molecule has 0 bridgehead atoms. The summed E-state index contributed by atoms with van der Waals surface area (Å²) < 4.78 is 33.7. The number of likely N-dealkylation sites (tertiary alicyclic amines) is 1. The van der Waals surface area contributed by atoms with E-state index in [1.807, 2.05) is 13.0 Å². The molecule has 2 heterocycles. The minimum atomic E-state index is -1.08. The van der Waals surface area contributed by atoms with Crippen molar-refractivity contribution in [2.75, 3.05) is 67.3 Å². The molecular weight excluding hydrogens is 632 g/mol. The number of carbonyl (C=O) groups is 3. The molecule has 2 aromatic carbocycles. The zero-order chi connectivity index (χ0) is 33.1. The van der Waals surface area contributed by atoms with Crippen molar-refractivity contribution in [1.29, 1.82) is 0 Å². The van der Waals surface area contributed by atoms with Gasteiger partial charge in [0, 0.05) is 32.6 Å². The molecule has 1 N–H and O–H groups in total. The molecule has 0 saturated carbocycles. The fourth-order valence-electron chi connectivity index (χ4n) is 6.08. The molecule has 2 aliphatic heterocycles. The van der Waals surface area contributed by atoms with E-state index in [0.717, 1.165) is 25.9 Å². The van der Waals surface area contributed by atoms with Crippen molar-refractivity contribution >= 4 is 30.3 Å². The average molecular weight is 679 g/mol. The highest BCUT2D eigenvalue weighted by Gasteiger charge is 2.38. The van der Waals surface area contributed by atoms with Gasteiger partial charge in [-0.25, -0.2) is 9.59 Å². The number of halogens is 1. The van der Waals surface area contributed by atoms with E-state index in [-0.39, 0.29) is 18.3 Å². The number of carbonyl (C=O) groups excluding carboxylic acids is 2. The summed E-state index contributed by atoms with van der Waals surface area (Å²) >= 11 is 0. The number of piperidine rings is 1. The van der Waals surface area contributed by atoms with Crippen LogP contribution in [-0.4, -0.2) is 106 Å². The summed E-state index contributed by atoms with van der Waals surface area (Å²) in [5.74, 6) is -0.523. The van der Waals surface area contributed by atoms with Crippen molar-refractivity contribution in [3.05, 3.63) is 47.5 Å². The van der Waals surface area contributed by atoms with Gasteiger partial charge in [-0.3, -0.25) is 9.69 Å². The number of hydrogen-bond acceptors (Lipinski definition) is 10. The Morgan fingerprint density at radius 3 is 2.28 bits per heavy atom. The Hall–Kier alpha value is -3.74. The molecule has 0 aromatic heterocycles. The minimum absolute atomic E-state index is 0. The molecule has 4 rings (SSSR count). The lowest BCUT2D eigenvalue weighted by Crippen LogP contribution is -2.50. The third-order valence-electron chi connectivity index (χ3n) is 8.52. The molecule has 2 aromatic rings. The van der Waals surface area contributed by atoms with Gasteiger partial charge in [0.05, 0.1) is 40.5 Å². The second-order valence-corrected chi connectivity index (χ2v) is 11.4. The zero-order valence-electron chi connectivity index (χ0n) is 27.6. The third-order valence-corrected chi connectivity index (χ3v) is 8.52. The van der Waals surface area contributed by atoms with Crippen LogP contribution in [0.25, 0.3) is 0 Å². The highest BCUT2D eigenvalue weighted by atomic mass is 35.5. The highest BCUT2D eigenvalue weighted by Crippen LogP contribution is 2.41. The van der Waals surface area contributed by atoms with Crippen LogP contribution >= 0.6 is 12.4 Å². The number of rotatable bonds is 15. The Bertz CT molecular complexity index is 1310. The lowest BCUT2D eigenvalue weighted by atomic mass is 9.91. The van der Waals surface area contributed by atoms with Crippen molar-refractivity contribution in [3.63, 3.8) is 0 Å². The molecular formula is C34H47ClN2O10. The number of carboxylic acids is 1. The van der Waals surface area contributed by atoms with Crippen LogP contribution in [0.3, 0.4) is 0 Å². The van der Waals surface area contributed by atoms with E-state index >= 15 is 0 Å². The van der Waals surface area contributed by atoms with Crippen molar-refractivity contribution < 1.29 is 47.9 Å². The largest absolute Gasteiger partial charge is 0.493 e. The van der Waals surface area contributed by atoms with Gasteiger partial charge in [-0.15, -0.1) is 12.4 Å². The molecule has 3 atom stereocenters. The summed E-state index contributed by atoms with van der Waals surface area (Å²) in [6.07, 6.45) is 2.46. The Balaban J connectivity index is 0.00000600. The molecule has 12 nitrogen and oxygen atoms in total. The number of nitrogens with zero attached hydrogens (tertiary/aromatic N) is 2. The van der Waals surface area contributed by atoms with Crippen molar-refractivity contribution in [2.45, 2.75) is 57.1 Å². The maximum atomic E-state index is 14.2. The van der Waals surface area contributed by atoms with Gasteiger partial charge in [0.15, 0.2) is 18.1 Å². The van der Waals surface area contributed by atoms with Crippen molar-refractivity contribution in [2.24, 2.45) is 0 Å². The summed E-state index contributed by atoms with van der Waals surface area (Å²) in [4.78, 5) is 43.1. The second kappa shape index (κ2) is 18.6. The predicted molar refractivity (Wildman–Crippen MR) is 176 cm³/mol. The first-order valence-electron chi connectivity index (χ1n) is 15.8. The number of aliphatic carboxylic acids is 1. The van der Waals surface area contributed by atoms with Gasteiger partial charge in [0.1, 0.15) is 17.9 Å². The van der Waals surface area contributed by atoms with Gasteiger partial charge >= 0.3 is 11.9 Å². The van der Waals surface area contributed by atoms with E-state index in [1.54, 1.807) is 35.2 Å². The normalized spacial score (nSPS) is 17.9. The summed E-state index contributed by atoms with van der Waals surface area (Å²) in [5.41, 5.74) is 1.41. The highest BCUT2D eigenvalue weighted by molar-refractivity contribution is 5.89. The first kappa shape index (κ1) is 37.7. The molecule has 0 radical (unpaired) electrons. The smallest absolute Gasteiger partial charge is 0.341 e. The Morgan fingerprint density at radius 2 is 1.66 bits per heavy atom. The number of morpholine rings is 1. The van der Waals surface area contributed by atoms with Crippen LogP contribution < -0.4 is 18.9 Å². The topological polar surface area (TPSA) is 133 Å². The van der Waals surface area contributed by atoms with Gasteiger partial charge in [-0.2, -0.15) is 0 Å². The van der Waals surface area contributed by atoms with Crippen LogP contribution in [0, 0.1) is 0 Å². The number of carboxylic acid groups (broad SMARTS) is 1. The Morgan fingerprint density at radius 1 is 0.957 bits per heavy atom. The molecule has 260 valence electrons. The van der Waals surface area contributed by atoms with Gasteiger partial charge in [-0.1, -0.05) is 19.1 Å². The summed E-state index contributed by atoms with van der Waals surface area (Å²) in [5, 5.41) is 9.06. The lowest BCUT2D eigenvalue weighted by molar-refractivity contribution is -0.163. The van der Waals surface area contributed by atoms with Crippen LogP contribution in [0.4, 0.5) is 0 Å². The van der Waals surface area contributed by atoms with Crippen LogP contribution in [0.15, 0.2) is 36.4 Å². The standard InChI is InChI=1S/C34H46N2O10.ClH/c1-5-26(24-20-29(41-2)32(43-4)30(21-24)42-3)33(39)36-13-7-6-11-27(36)34(40)46-28(12-14-35-15-17-44-18-16-35)23-9-8-10-25(19-23)45-22-31(37)38;/h8-10,19-21,26-28H,5-7,11-18,22H2,1-4H3,(H,37,38);1H/t26-,27-,28+;/m0./s1. The molecule has 0 spiro atoms. The van der Waals surface area contributed by atoms with Crippen LogP contribution in [-0.2, 0) is 23.9 Å². The molecule has 47 heavy (non-hydrogen) atoms. The fourth-order valence-corrected chi connectivity index (χ4v) is 6.08. The van der Waals surface area contributed by atoms with E-state index in [9.17, 15) is 14.4 Å². The van der Waals surface area contributed by atoms with Gasteiger partial charge in [0.2, 0.25) is 11.7 Å². The van der Waals surface area contributed by atoms with E-state index < -0.39 is 36.6 Å². The lowest BCUT2D eigenvalue weighted by Gasteiger charge is -2.37. The van der Waals surface area contributed by atoms with Gasteiger partial charge in [-0.05, 0) is 61.1 Å².